The van der Waals surface area contributed by atoms with E-state index < -0.39 is 11.6 Å². The molecular weight excluding hydrogens is 318 g/mol. The summed E-state index contributed by atoms with van der Waals surface area (Å²) in [6.07, 6.45) is 1.71. The minimum atomic E-state index is -0.908. The highest BCUT2D eigenvalue weighted by Gasteiger charge is 2.04. The number of aryl methyl sites for hydroxylation is 1. The van der Waals surface area contributed by atoms with Crippen LogP contribution in [0.1, 0.15) is 12.0 Å². The normalized spacial score (nSPS) is 10.2. The van der Waals surface area contributed by atoms with Gasteiger partial charge in [-0.05, 0) is 48.8 Å². The molecule has 2 aromatic rings. The summed E-state index contributed by atoms with van der Waals surface area (Å²) in [7, 11) is 1.65. The number of methoxy groups -OCH3 is 1. The fourth-order valence-corrected chi connectivity index (χ4v) is 2.36. The number of halogens is 2. The molecule has 0 bridgehead atoms. The fraction of sp³-hybridized carbons (Fsp3) is 0.235. The van der Waals surface area contributed by atoms with Crippen LogP contribution in [0.25, 0.3) is 0 Å². The Morgan fingerprint density at radius 3 is 2.65 bits per heavy atom. The first kappa shape index (κ1) is 17.1. The Morgan fingerprint density at radius 1 is 1.13 bits per heavy atom. The number of anilines is 1. The number of hydrogen-bond donors (Lipinski definition) is 2. The Hall–Kier alpha value is -2.21. The number of para-hydroxylation sites is 1. The van der Waals surface area contributed by atoms with Crippen molar-refractivity contribution in [3.05, 3.63) is 59.7 Å². The van der Waals surface area contributed by atoms with Crippen molar-refractivity contribution >= 4 is 23.0 Å². The number of nitrogens with one attached hydrogen (secondary N) is 2. The van der Waals surface area contributed by atoms with E-state index in [2.05, 4.69) is 10.6 Å². The molecule has 2 rings (SSSR count). The van der Waals surface area contributed by atoms with Crippen LogP contribution < -0.4 is 15.4 Å². The summed E-state index contributed by atoms with van der Waals surface area (Å²) in [5.74, 6) is -0.921. The zero-order valence-electron chi connectivity index (χ0n) is 12.7. The molecule has 0 heterocycles. The lowest BCUT2D eigenvalue weighted by atomic mass is 10.1. The van der Waals surface area contributed by atoms with E-state index in [1.54, 1.807) is 7.11 Å². The van der Waals surface area contributed by atoms with Crippen LogP contribution in [0.4, 0.5) is 14.5 Å². The second-order valence-corrected chi connectivity index (χ2v) is 5.33. The molecule has 3 nitrogen and oxygen atoms in total. The van der Waals surface area contributed by atoms with Gasteiger partial charge in [-0.3, -0.25) is 0 Å². The van der Waals surface area contributed by atoms with Crippen LogP contribution in [0.15, 0.2) is 42.5 Å². The van der Waals surface area contributed by atoms with Crippen molar-refractivity contribution in [2.45, 2.75) is 12.8 Å². The van der Waals surface area contributed by atoms with E-state index in [1.165, 1.54) is 6.07 Å². The number of ether oxygens (including phenoxy) is 1. The third-order valence-corrected chi connectivity index (χ3v) is 3.52. The summed E-state index contributed by atoms with van der Waals surface area (Å²) in [6.45, 7) is 0.660. The molecule has 0 saturated carbocycles. The molecule has 0 unspecified atom stereocenters. The van der Waals surface area contributed by atoms with Crippen molar-refractivity contribution in [1.82, 2.24) is 5.32 Å². The Balaban J connectivity index is 1.75. The highest BCUT2D eigenvalue weighted by atomic mass is 32.1. The van der Waals surface area contributed by atoms with Crippen LogP contribution in [-0.2, 0) is 6.42 Å². The van der Waals surface area contributed by atoms with Crippen LogP contribution in [0.2, 0.25) is 0 Å². The van der Waals surface area contributed by atoms with Crippen molar-refractivity contribution in [1.29, 1.82) is 0 Å². The van der Waals surface area contributed by atoms with Gasteiger partial charge in [-0.1, -0.05) is 18.2 Å². The van der Waals surface area contributed by atoms with Gasteiger partial charge in [0.1, 0.15) is 5.75 Å². The number of thiocarbonyl (C=S) groups is 1. The van der Waals surface area contributed by atoms with Crippen molar-refractivity contribution in [3.8, 4) is 5.75 Å². The maximum atomic E-state index is 13.1. The number of benzene rings is 2. The van der Waals surface area contributed by atoms with Gasteiger partial charge in [0.2, 0.25) is 0 Å². The molecule has 0 aliphatic rings. The summed E-state index contributed by atoms with van der Waals surface area (Å²) >= 11 is 5.13. The first-order valence-corrected chi connectivity index (χ1v) is 7.63. The van der Waals surface area contributed by atoms with Crippen LogP contribution in [0.3, 0.4) is 0 Å². The van der Waals surface area contributed by atoms with Crippen molar-refractivity contribution in [2.75, 3.05) is 19.0 Å². The molecule has 0 spiro atoms. The maximum Gasteiger partial charge on any atom is 0.170 e. The fourth-order valence-electron chi connectivity index (χ4n) is 2.14. The lowest BCUT2D eigenvalue weighted by Crippen LogP contribution is -2.29. The first-order chi connectivity index (χ1) is 11.1. The standard InChI is InChI=1S/C17H18F2N2OS/c1-22-16-7-3-2-5-12(16)6-4-10-20-17(23)21-13-8-9-14(18)15(19)11-13/h2-3,5,7-9,11H,4,6,10H2,1H3,(H2,20,21,23). The number of rotatable bonds is 6. The van der Waals surface area contributed by atoms with Gasteiger partial charge in [0, 0.05) is 18.3 Å². The van der Waals surface area contributed by atoms with Crippen LogP contribution in [-0.4, -0.2) is 18.8 Å². The molecule has 6 heteroatoms. The Bertz CT molecular complexity index is 679. The largest absolute Gasteiger partial charge is 0.496 e. The average Bonchev–Trinajstić information content (AvgIpc) is 2.55. The van der Waals surface area contributed by atoms with Crippen LogP contribution >= 0.6 is 12.2 Å². The van der Waals surface area contributed by atoms with Gasteiger partial charge >= 0.3 is 0 Å². The maximum absolute atomic E-state index is 13.1. The molecule has 0 atom stereocenters. The second-order valence-electron chi connectivity index (χ2n) is 4.93. The summed E-state index contributed by atoms with van der Waals surface area (Å²) in [6, 6.07) is 11.4. The second kappa shape index (κ2) is 8.43. The predicted octanol–water partition coefficient (Wildman–Crippen LogP) is 3.89. The molecule has 0 saturated heterocycles. The van der Waals surface area contributed by atoms with Crippen LogP contribution in [0.5, 0.6) is 5.75 Å². The molecule has 2 aromatic carbocycles. The van der Waals surface area contributed by atoms with Gasteiger partial charge in [0.05, 0.1) is 7.11 Å². The molecule has 23 heavy (non-hydrogen) atoms. The van der Waals surface area contributed by atoms with Gasteiger partial charge in [-0.25, -0.2) is 8.78 Å². The van der Waals surface area contributed by atoms with Crippen LogP contribution in [0, 0.1) is 11.6 Å². The molecule has 0 amide bonds. The topological polar surface area (TPSA) is 33.3 Å². The average molecular weight is 336 g/mol. The van der Waals surface area contributed by atoms with E-state index >= 15 is 0 Å². The SMILES string of the molecule is COc1ccccc1CCCNC(=S)Nc1ccc(F)c(F)c1. The third-order valence-electron chi connectivity index (χ3n) is 3.28. The zero-order valence-corrected chi connectivity index (χ0v) is 13.6. The van der Waals surface area contributed by atoms with Gasteiger partial charge in [0.15, 0.2) is 16.7 Å². The molecule has 0 aliphatic heterocycles. The van der Waals surface area contributed by atoms with E-state index in [0.717, 1.165) is 36.3 Å². The van der Waals surface area contributed by atoms with Gasteiger partial charge in [-0.15, -0.1) is 0 Å². The van der Waals surface area contributed by atoms with Gasteiger partial charge in [0.25, 0.3) is 0 Å². The molecule has 0 aliphatic carbocycles. The van der Waals surface area contributed by atoms with E-state index in [9.17, 15) is 8.78 Å². The van der Waals surface area contributed by atoms with E-state index in [0.29, 0.717) is 17.3 Å². The molecule has 0 aromatic heterocycles. The smallest absolute Gasteiger partial charge is 0.170 e. The van der Waals surface area contributed by atoms with Gasteiger partial charge in [-0.2, -0.15) is 0 Å². The molecule has 0 radical (unpaired) electrons. The predicted molar refractivity (Wildman–Crippen MR) is 91.9 cm³/mol. The number of hydrogen-bond acceptors (Lipinski definition) is 2. The van der Waals surface area contributed by atoms with E-state index in [-0.39, 0.29) is 0 Å². The summed E-state index contributed by atoms with van der Waals surface area (Å²) in [5, 5.41) is 6.23. The lowest BCUT2D eigenvalue weighted by molar-refractivity contribution is 0.409. The molecule has 2 N–H and O–H groups in total. The van der Waals surface area contributed by atoms with E-state index in [4.69, 9.17) is 17.0 Å². The van der Waals surface area contributed by atoms with Crippen molar-refractivity contribution < 1.29 is 13.5 Å². The molecule has 122 valence electrons. The van der Waals surface area contributed by atoms with Crippen molar-refractivity contribution in [2.24, 2.45) is 0 Å². The molecular formula is C17H18F2N2OS. The lowest BCUT2D eigenvalue weighted by Gasteiger charge is -2.11. The highest BCUT2D eigenvalue weighted by Crippen LogP contribution is 2.18. The molecule has 0 fully saturated rings. The minimum Gasteiger partial charge on any atom is -0.496 e. The van der Waals surface area contributed by atoms with E-state index in [1.807, 2.05) is 24.3 Å². The minimum absolute atomic E-state index is 0.371. The highest BCUT2D eigenvalue weighted by molar-refractivity contribution is 7.80. The summed E-state index contributed by atoms with van der Waals surface area (Å²) < 4.78 is 31.2. The quantitative estimate of drug-likeness (QED) is 0.619. The Kier molecular flexibility index (Phi) is 6.29. The summed E-state index contributed by atoms with van der Waals surface area (Å²) in [5.41, 5.74) is 1.54. The monoisotopic (exact) mass is 336 g/mol. The Morgan fingerprint density at radius 2 is 1.91 bits per heavy atom. The van der Waals surface area contributed by atoms with Gasteiger partial charge < -0.3 is 15.4 Å². The van der Waals surface area contributed by atoms with Crippen molar-refractivity contribution in [3.63, 3.8) is 0 Å². The Labute approximate surface area is 139 Å². The first-order valence-electron chi connectivity index (χ1n) is 7.22. The third kappa shape index (κ3) is 5.17. The summed E-state index contributed by atoms with van der Waals surface area (Å²) in [4.78, 5) is 0. The zero-order chi connectivity index (χ0) is 16.7.